The molecule has 1 N–H and O–H groups in total. The Balaban J connectivity index is 1.42. The Bertz CT molecular complexity index is 1600. The lowest BCUT2D eigenvalue weighted by molar-refractivity contribution is -0.384. The van der Waals surface area contributed by atoms with Crippen molar-refractivity contribution < 1.29 is 9.72 Å². The molecule has 5 aromatic rings. The minimum absolute atomic E-state index is 0.0304. The topological polar surface area (TPSA) is 120 Å². The number of fused-ring (bicyclic) bond motifs is 2. The quantitative estimate of drug-likeness (QED) is 0.292. The monoisotopic (exact) mass is 477 g/mol. The lowest BCUT2D eigenvalue weighted by Crippen LogP contribution is -2.27. The van der Waals surface area contributed by atoms with Crippen molar-refractivity contribution in [1.82, 2.24) is 14.5 Å². The van der Waals surface area contributed by atoms with Crippen molar-refractivity contribution in [3.63, 3.8) is 0 Å². The molecule has 11 heteroatoms. The number of hydrogen-bond donors (Lipinski definition) is 1. The van der Waals surface area contributed by atoms with Crippen LogP contribution in [0.1, 0.15) is 5.01 Å². The van der Waals surface area contributed by atoms with Gasteiger partial charge in [0.25, 0.3) is 11.2 Å². The lowest BCUT2D eigenvalue weighted by Gasteiger charge is -2.08. The van der Waals surface area contributed by atoms with Crippen LogP contribution in [0.4, 0.5) is 11.4 Å². The number of non-ortho nitro benzene ring substituents is 1. The molecule has 164 valence electrons. The second kappa shape index (κ2) is 8.19. The van der Waals surface area contributed by atoms with Gasteiger partial charge < -0.3 is 5.32 Å². The van der Waals surface area contributed by atoms with Gasteiger partial charge in [-0.3, -0.25) is 24.3 Å². The second-order valence-electron chi connectivity index (χ2n) is 7.27. The lowest BCUT2D eigenvalue weighted by atomic mass is 10.1. The van der Waals surface area contributed by atoms with E-state index >= 15 is 0 Å². The molecule has 2 aromatic carbocycles. The van der Waals surface area contributed by atoms with E-state index in [1.807, 2.05) is 19.1 Å². The highest BCUT2D eigenvalue weighted by molar-refractivity contribution is 7.18. The van der Waals surface area contributed by atoms with Crippen LogP contribution in [0, 0.1) is 17.0 Å². The Hall–Kier alpha value is -3.96. The summed E-state index contributed by atoms with van der Waals surface area (Å²) >= 11 is 2.84. The number of aromatic nitrogens is 3. The Morgan fingerprint density at radius 3 is 2.76 bits per heavy atom. The molecule has 9 nitrogen and oxygen atoms in total. The first kappa shape index (κ1) is 20.9. The van der Waals surface area contributed by atoms with Gasteiger partial charge in [0.1, 0.15) is 11.4 Å². The van der Waals surface area contributed by atoms with E-state index < -0.39 is 4.92 Å². The van der Waals surface area contributed by atoms with Gasteiger partial charge in [0.2, 0.25) is 5.91 Å². The number of thiophene rings is 1. The van der Waals surface area contributed by atoms with Gasteiger partial charge in [-0.2, -0.15) is 0 Å². The van der Waals surface area contributed by atoms with Gasteiger partial charge >= 0.3 is 0 Å². The highest BCUT2D eigenvalue weighted by Crippen LogP contribution is 2.31. The number of rotatable bonds is 5. The van der Waals surface area contributed by atoms with E-state index in [-0.39, 0.29) is 23.7 Å². The number of carbonyl (C=O) groups excluding carboxylic acids is 1. The molecular weight excluding hydrogens is 462 g/mol. The molecule has 0 fully saturated rings. The van der Waals surface area contributed by atoms with Crippen LogP contribution < -0.4 is 10.9 Å². The number of anilines is 1. The van der Waals surface area contributed by atoms with Crippen LogP contribution in [0.5, 0.6) is 0 Å². The average Bonchev–Trinajstić information content (AvgIpc) is 3.38. The van der Waals surface area contributed by atoms with Gasteiger partial charge in [0, 0.05) is 28.8 Å². The predicted octanol–water partition coefficient (Wildman–Crippen LogP) is 4.59. The fraction of sp³-hybridized carbons (Fsp3) is 0.0909. The summed E-state index contributed by atoms with van der Waals surface area (Å²) in [6.07, 6.45) is 1.36. The smallest absolute Gasteiger partial charge is 0.269 e. The average molecular weight is 478 g/mol. The van der Waals surface area contributed by atoms with E-state index in [1.54, 1.807) is 34.9 Å². The number of nitrogens with one attached hydrogen (secondary N) is 1. The summed E-state index contributed by atoms with van der Waals surface area (Å²) in [4.78, 5) is 45.5. The molecule has 0 bridgehead atoms. The summed E-state index contributed by atoms with van der Waals surface area (Å²) < 4.78 is 2.23. The number of thiazole rings is 1. The molecular formula is C22H15N5O4S2. The van der Waals surface area contributed by atoms with Crippen LogP contribution in [0.15, 0.2) is 59.0 Å². The highest BCUT2D eigenvalue weighted by atomic mass is 32.1. The fourth-order valence-corrected chi connectivity index (χ4v) is 5.30. The molecule has 0 atom stereocenters. The first-order chi connectivity index (χ1) is 15.9. The minimum Gasteiger partial charge on any atom is -0.324 e. The van der Waals surface area contributed by atoms with E-state index in [0.29, 0.717) is 27.0 Å². The zero-order valence-corrected chi connectivity index (χ0v) is 18.8. The predicted molar refractivity (Wildman–Crippen MR) is 129 cm³/mol. The number of carbonyl (C=O) groups is 1. The van der Waals surface area contributed by atoms with E-state index in [0.717, 1.165) is 15.2 Å². The molecule has 0 unspecified atom stereocenters. The molecule has 0 saturated carbocycles. The minimum atomic E-state index is -0.476. The third-order valence-corrected chi connectivity index (χ3v) is 6.86. The van der Waals surface area contributed by atoms with Crippen molar-refractivity contribution in [2.24, 2.45) is 0 Å². The van der Waals surface area contributed by atoms with Crippen LogP contribution in [-0.4, -0.2) is 25.4 Å². The van der Waals surface area contributed by atoms with Crippen molar-refractivity contribution in [2.75, 3.05) is 5.32 Å². The third kappa shape index (κ3) is 3.99. The zero-order valence-electron chi connectivity index (χ0n) is 17.1. The number of benzene rings is 2. The Morgan fingerprint density at radius 1 is 1.21 bits per heavy atom. The largest absolute Gasteiger partial charge is 0.324 e. The van der Waals surface area contributed by atoms with Gasteiger partial charge in [0.15, 0.2) is 0 Å². The van der Waals surface area contributed by atoms with Crippen LogP contribution >= 0.6 is 22.7 Å². The summed E-state index contributed by atoms with van der Waals surface area (Å²) in [5.41, 5.74) is 2.41. The third-order valence-electron chi connectivity index (χ3n) is 5.04. The maximum absolute atomic E-state index is 13.2. The molecule has 3 heterocycles. The van der Waals surface area contributed by atoms with E-state index in [2.05, 4.69) is 15.3 Å². The van der Waals surface area contributed by atoms with E-state index in [4.69, 9.17) is 0 Å². The summed E-state index contributed by atoms with van der Waals surface area (Å²) in [6, 6.07) is 11.4. The van der Waals surface area contributed by atoms with Gasteiger partial charge in [0.05, 0.1) is 31.9 Å². The molecule has 33 heavy (non-hydrogen) atoms. The van der Waals surface area contributed by atoms with Crippen molar-refractivity contribution in [3.8, 4) is 11.1 Å². The normalized spacial score (nSPS) is 11.2. The molecule has 0 spiro atoms. The van der Waals surface area contributed by atoms with Crippen LogP contribution in [0.2, 0.25) is 0 Å². The standard InChI is InChI=1S/C22H15N5O4S2/c1-12-24-17-7-4-14(8-18(17)33-12)25-19(28)9-26-11-23-21-20(22(26)29)16(10-32-21)13-2-5-15(6-3-13)27(30)31/h2-8,10-11H,9H2,1H3,(H,25,28). The van der Waals surface area contributed by atoms with Crippen molar-refractivity contribution in [2.45, 2.75) is 13.5 Å². The second-order valence-corrected chi connectivity index (χ2v) is 9.37. The van der Waals surface area contributed by atoms with Gasteiger partial charge in [-0.15, -0.1) is 22.7 Å². The number of amides is 1. The highest BCUT2D eigenvalue weighted by Gasteiger charge is 2.16. The molecule has 3 aromatic heterocycles. The summed E-state index contributed by atoms with van der Waals surface area (Å²) in [7, 11) is 0. The number of nitrogens with zero attached hydrogens (tertiary/aromatic N) is 4. The van der Waals surface area contributed by atoms with Crippen molar-refractivity contribution in [3.05, 3.63) is 79.6 Å². The van der Waals surface area contributed by atoms with Crippen LogP contribution in [0.25, 0.3) is 31.6 Å². The molecule has 0 aliphatic rings. The van der Waals surface area contributed by atoms with Crippen molar-refractivity contribution >= 4 is 60.4 Å². The summed E-state index contributed by atoms with van der Waals surface area (Å²) in [5, 5.41) is 16.8. The number of hydrogen-bond acceptors (Lipinski definition) is 8. The first-order valence-corrected chi connectivity index (χ1v) is 11.5. The molecule has 0 radical (unpaired) electrons. The van der Waals surface area contributed by atoms with Crippen molar-refractivity contribution in [1.29, 1.82) is 0 Å². The summed E-state index contributed by atoms with van der Waals surface area (Å²) in [6.45, 7) is 1.73. The molecule has 5 rings (SSSR count). The first-order valence-electron chi connectivity index (χ1n) is 9.77. The van der Waals surface area contributed by atoms with Crippen LogP contribution in [-0.2, 0) is 11.3 Å². The van der Waals surface area contributed by atoms with Gasteiger partial charge in [-0.05, 0) is 42.8 Å². The van der Waals surface area contributed by atoms with Crippen LogP contribution in [0.3, 0.4) is 0 Å². The fourth-order valence-electron chi connectivity index (χ4n) is 3.53. The Labute approximate surface area is 194 Å². The SMILES string of the molecule is Cc1nc2ccc(NC(=O)Cn3cnc4scc(-c5ccc([N+](=O)[O-])cc5)c4c3=O)cc2s1. The van der Waals surface area contributed by atoms with Gasteiger partial charge in [-0.25, -0.2) is 9.97 Å². The van der Waals surface area contributed by atoms with E-state index in [1.165, 1.54) is 34.4 Å². The van der Waals surface area contributed by atoms with Gasteiger partial charge in [-0.1, -0.05) is 0 Å². The number of nitro benzene ring substituents is 1. The maximum atomic E-state index is 13.2. The molecule has 1 amide bonds. The number of nitro groups is 1. The molecule has 0 aliphatic carbocycles. The molecule has 0 saturated heterocycles. The maximum Gasteiger partial charge on any atom is 0.269 e. The zero-order chi connectivity index (χ0) is 23.1. The summed E-state index contributed by atoms with van der Waals surface area (Å²) in [5.74, 6) is -0.356. The van der Waals surface area contributed by atoms with E-state index in [9.17, 15) is 19.7 Å². The Morgan fingerprint density at radius 2 is 2.00 bits per heavy atom. The molecule has 0 aliphatic heterocycles. The Kier molecular flexibility index (Phi) is 5.19. The number of aryl methyl sites for hydroxylation is 1.